The third-order valence-corrected chi connectivity index (χ3v) is 6.20. The van der Waals surface area contributed by atoms with Crippen molar-refractivity contribution >= 4 is 34.5 Å². The molecule has 1 fully saturated rings. The van der Waals surface area contributed by atoms with E-state index in [1.165, 1.54) is 0 Å². The van der Waals surface area contributed by atoms with E-state index in [-0.39, 0.29) is 5.91 Å². The van der Waals surface area contributed by atoms with Crippen LogP contribution in [0.25, 0.3) is 11.5 Å². The highest BCUT2D eigenvalue weighted by molar-refractivity contribution is 7.07. The number of aromatic nitrogens is 1. The van der Waals surface area contributed by atoms with Crippen LogP contribution >= 0.6 is 22.9 Å². The van der Waals surface area contributed by atoms with Crippen molar-refractivity contribution in [3.63, 3.8) is 0 Å². The SMILES string of the molecule is Cc1ccc(N=c2scc(-c3ccco3)n2CCCN2CCCC2=O)cc1Cl. The molecule has 0 atom stereocenters. The predicted molar refractivity (Wildman–Crippen MR) is 112 cm³/mol. The molecule has 1 aromatic carbocycles. The molecular weight excluding hydrogens is 394 g/mol. The lowest BCUT2D eigenvalue weighted by Crippen LogP contribution is -2.27. The fraction of sp³-hybridized carbons (Fsp3) is 0.333. The molecule has 1 saturated heterocycles. The fourth-order valence-electron chi connectivity index (χ4n) is 3.38. The molecular formula is C21H22ClN3O2S. The minimum Gasteiger partial charge on any atom is -0.463 e. The molecule has 0 radical (unpaired) electrons. The number of thiazole rings is 1. The van der Waals surface area contributed by atoms with Gasteiger partial charge < -0.3 is 13.9 Å². The van der Waals surface area contributed by atoms with Crippen LogP contribution in [0, 0.1) is 6.92 Å². The fourth-order valence-corrected chi connectivity index (χ4v) is 4.49. The van der Waals surface area contributed by atoms with Crippen LogP contribution in [0.4, 0.5) is 5.69 Å². The number of hydrogen-bond acceptors (Lipinski definition) is 4. The summed E-state index contributed by atoms with van der Waals surface area (Å²) in [6, 6.07) is 9.68. The van der Waals surface area contributed by atoms with Crippen LogP contribution in [0.3, 0.4) is 0 Å². The van der Waals surface area contributed by atoms with Crippen LogP contribution < -0.4 is 4.80 Å². The minimum absolute atomic E-state index is 0.265. The third kappa shape index (κ3) is 4.08. The molecule has 0 unspecified atom stereocenters. The topological polar surface area (TPSA) is 50.7 Å². The Morgan fingerprint density at radius 3 is 2.89 bits per heavy atom. The molecule has 0 saturated carbocycles. The molecule has 1 aliphatic rings. The quantitative estimate of drug-likeness (QED) is 0.567. The first-order valence-corrected chi connectivity index (χ1v) is 10.7. The smallest absolute Gasteiger partial charge is 0.222 e. The average Bonchev–Trinajstić information content (AvgIpc) is 3.41. The molecule has 0 bridgehead atoms. The van der Waals surface area contributed by atoms with Crippen LogP contribution in [0.1, 0.15) is 24.8 Å². The van der Waals surface area contributed by atoms with Crippen LogP contribution in [-0.2, 0) is 11.3 Å². The summed E-state index contributed by atoms with van der Waals surface area (Å²) in [6.07, 6.45) is 4.20. The van der Waals surface area contributed by atoms with Crippen LogP contribution in [0.5, 0.6) is 0 Å². The maximum Gasteiger partial charge on any atom is 0.222 e. The number of halogens is 1. The van der Waals surface area contributed by atoms with E-state index in [1.807, 2.05) is 42.2 Å². The molecule has 146 valence electrons. The zero-order chi connectivity index (χ0) is 19.5. The van der Waals surface area contributed by atoms with E-state index in [4.69, 9.17) is 21.0 Å². The molecule has 0 spiro atoms. The standard InChI is InChI=1S/C21H22ClN3O2S/c1-15-7-8-16(13-17(15)22)23-21-25(11-4-10-24-9-2-6-20(24)26)18(14-28-21)19-5-3-12-27-19/h3,5,7-8,12-14H,2,4,6,9-11H2,1H3. The number of carbonyl (C=O) groups excluding carboxylic acids is 1. The summed E-state index contributed by atoms with van der Waals surface area (Å²) in [4.78, 5) is 19.5. The Hall–Kier alpha value is -2.31. The summed E-state index contributed by atoms with van der Waals surface area (Å²) in [5.74, 6) is 1.08. The first kappa shape index (κ1) is 19.0. The van der Waals surface area contributed by atoms with Crippen molar-refractivity contribution in [1.82, 2.24) is 9.47 Å². The van der Waals surface area contributed by atoms with Gasteiger partial charge in [-0.1, -0.05) is 17.7 Å². The first-order valence-electron chi connectivity index (χ1n) is 9.43. The van der Waals surface area contributed by atoms with Gasteiger partial charge in [-0.3, -0.25) is 4.79 Å². The van der Waals surface area contributed by atoms with Crippen molar-refractivity contribution < 1.29 is 9.21 Å². The first-order chi connectivity index (χ1) is 13.6. The number of amides is 1. The van der Waals surface area contributed by atoms with Gasteiger partial charge in [0.05, 0.1) is 17.6 Å². The van der Waals surface area contributed by atoms with Crippen molar-refractivity contribution in [3.05, 3.63) is 57.4 Å². The van der Waals surface area contributed by atoms with Gasteiger partial charge >= 0.3 is 0 Å². The van der Waals surface area contributed by atoms with Crippen LogP contribution in [0.2, 0.25) is 5.02 Å². The van der Waals surface area contributed by atoms with E-state index < -0.39 is 0 Å². The van der Waals surface area contributed by atoms with Crippen molar-refractivity contribution in [2.75, 3.05) is 13.1 Å². The minimum atomic E-state index is 0.265. The Kier molecular flexibility index (Phi) is 5.69. The number of likely N-dealkylation sites (tertiary alicyclic amines) is 1. The van der Waals surface area contributed by atoms with E-state index in [0.717, 1.165) is 60.0 Å². The lowest BCUT2D eigenvalue weighted by atomic mass is 10.2. The van der Waals surface area contributed by atoms with Crippen molar-refractivity contribution in [2.45, 2.75) is 32.7 Å². The highest BCUT2D eigenvalue weighted by Crippen LogP contribution is 2.24. The van der Waals surface area contributed by atoms with Gasteiger partial charge in [-0.05, 0) is 49.6 Å². The predicted octanol–water partition coefficient (Wildman–Crippen LogP) is 5.02. The van der Waals surface area contributed by atoms with Gasteiger partial charge in [0.15, 0.2) is 10.6 Å². The van der Waals surface area contributed by atoms with E-state index >= 15 is 0 Å². The molecule has 3 heterocycles. The summed E-state index contributed by atoms with van der Waals surface area (Å²) in [6.45, 7) is 4.39. The molecule has 1 aliphatic heterocycles. The van der Waals surface area contributed by atoms with Gasteiger partial charge in [0.25, 0.3) is 0 Å². The highest BCUT2D eigenvalue weighted by Gasteiger charge is 2.19. The molecule has 0 N–H and O–H groups in total. The molecule has 3 aromatic rings. The van der Waals surface area contributed by atoms with Crippen molar-refractivity contribution in [3.8, 4) is 11.5 Å². The summed E-state index contributed by atoms with van der Waals surface area (Å²) in [5, 5.41) is 2.78. The molecule has 7 heteroatoms. The zero-order valence-electron chi connectivity index (χ0n) is 15.7. The number of aryl methyl sites for hydroxylation is 1. The number of rotatable bonds is 6. The normalized spacial score (nSPS) is 15.0. The lowest BCUT2D eigenvalue weighted by molar-refractivity contribution is -0.127. The summed E-state index contributed by atoms with van der Waals surface area (Å²) >= 11 is 7.84. The highest BCUT2D eigenvalue weighted by atomic mass is 35.5. The number of hydrogen-bond donors (Lipinski definition) is 0. The third-order valence-electron chi connectivity index (χ3n) is 4.93. The zero-order valence-corrected chi connectivity index (χ0v) is 17.3. The molecule has 0 aliphatic carbocycles. The summed E-state index contributed by atoms with van der Waals surface area (Å²) in [7, 11) is 0. The van der Waals surface area contributed by atoms with Gasteiger partial charge in [0.2, 0.25) is 5.91 Å². The van der Waals surface area contributed by atoms with Crippen LogP contribution in [0.15, 0.2) is 51.4 Å². The van der Waals surface area contributed by atoms with Crippen molar-refractivity contribution in [2.24, 2.45) is 4.99 Å². The molecule has 2 aromatic heterocycles. The Morgan fingerprint density at radius 2 is 2.18 bits per heavy atom. The summed E-state index contributed by atoms with van der Waals surface area (Å²) < 4.78 is 7.78. The van der Waals surface area contributed by atoms with Gasteiger partial charge in [0.1, 0.15) is 0 Å². The van der Waals surface area contributed by atoms with E-state index in [0.29, 0.717) is 11.4 Å². The largest absolute Gasteiger partial charge is 0.463 e. The van der Waals surface area contributed by atoms with Crippen LogP contribution in [-0.4, -0.2) is 28.5 Å². The maximum atomic E-state index is 11.9. The summed E-state index contributed by atoms with van der Waals surface area (Å²) in [5.41, 5.74) is 2.86. The van der Waals surface area contributed by atoms with E-state index in [2.05, 4.69) is 9.95 Å². The van der Waals surface area contributed by atoms with Gasteiger partial charge in [-0.2, -0.15) is 0 Å². The molecule has 4 rings (SSSR count). The number of furan rings is 1. The molecule has 28 heavy (non-hydrogen) atoms. The number of benzene rings is 1. The van der Waals surface area contributed by atoms with Gasteiger partial charge in [0, 0.05) is 36.5 Å². The Bertz CT molecular complexity index is 1040. The molecule has 1 amide bonds. The van der Waals surface area contributed by atoms with E-state index in [9.17, 15) is 4.79 Å². The Labute approximate surface area is 172 Å². The monoisotopic (exact) mass is 415 g/mol. The Balaban J connectivity index is 1.63. The second-order valence-electron chi connectivity index (χ2n) is 6.92. The van der Waals surface area contributed by atoms with E-state index in [1.54, 1.807) is 17.6 Å². The number of carbonyl (C=O) groups is 1. The number of nitrogens with zero attached hydrogens (tertiary/aromatic N) is 3. The average molecular weight is 416 g/mol. The van der Waals surface area contributed by atoms with Gasteiger partial charge in [-0.25, -0.2) is 4.99 Å². The second-order valence-corrected chi connectivity index (χ2v) is 8.16. The van der Waals surface area contributed by atoms with Gasteiger partial charge in [-0.15, -0.1) is 11.3 Å². The molecule has 5 nitrogen and oxygen atoms in total. The second kappa shape index (κ2) is 8.37. The van der Waals surface area contributed by atoms with Crippen molar-refractivity contribution in [1.29, 1.82) is 0 Å². The Morgan fingerprint density at radius 1 is 1.29 bits per heavy atom. The maximum absolute atomic E-state index is 11.9. The lowest BCUT2D eigenvalue weighted by Gasteiger charge is -2.16.